The molecule has 1 saturated heterocycles. The van der Waals surface area contributed by atoms with Crippen LogP contribution in [0, 0.1) is 0 Å². The van der Waals surface area contributed by atoms with Crippen LogP contribution in [0.5, 0.6) is 5.75 Å². The van der Waals surface area contributed by atoms with Gasteiger partial charge in [0, 0.05) is 24.1 Å². The molecule has 0 spiro atoms. The second-order valence-electron chi connectivity index (χ2n) is 4.40. The van der Waals surface area contributed by atoms with Crippen molar-refractivity contribution in [3.8, 4) is 5.75 Å². The third-order valence-electron chi connectivity index (χ3n) is 3.19. The van der Waals surface area contributed by atoms with Crippen LogP contribution < -0.4 is 10.1 Å². The van der Waals surface area contributed by atoms with Gasteiger partial charge in [-0.15, -0.1) is 0 Å². The number of carbonyl (C=O) groups excluding carboxylic acids is 1. The first kappa shape index (κ1) is 14.8. The van der Waals surface area contributed by atoms with Crippen molar-refractivity contribution in [2.24, 2.45) is 0 Å². The lowest BCUT2D eigenvalue weighted by molar-refractivity contribution is -0.142. The summed E-state index contributed by atoms with van der Waals surface area (Å²) in [5.41, 5.74) is 0.400. The molecule has 0 aliphatic carbocycles. The lowest BCUT2D eigenvalue weighted by atomic mass is 10.1. The maximum absolute atomic E-state index is 12.6. The van der Waals surface area contributed by atoms with Gasteiger partial charge in [-0.25, -0.2) is 4.79 Å². The molecule has 1 heterocycles. The highest BCUT2D eigenvalue weighted by atomic mass is 79.9. The first-order chi connectivity index (χ1) is 9.54. The largest absolute Gasteiger partial charge is 0.497 e. The average Bonchev–Trinajstić information content (AvgIpc) is 2.47. The Hall–Kier alpha value is -1.60. The number of amides is 1. The van der Waals surface area contributed by atoms with E-state index in [1.54, 1.807) is 18.2 Å². The van der Waals surface area contributed by atoms with Crippen LogP contribution in [0.4, 0.5) is 0 Å². The fraction of sp³-hybridized carbons (Fsp3) is 0.385. The molecule has 0 saturated carbocycles. The molecule has 1 unspecified atom stereocenters. The SMILES string of the molecule is COc1ccc(Br)c(C(=O)N2CCNCC2C(=O)O)c1. The Labute approximate surface area is 124 Å². The second-order valence-corrected chi connectivity index (χ2v) is 5.26. The van der Waals surface area contributed by atoms with Gasteiger partial charge in [0.25, 0.3) is 5.91 Å². The lowest BCUT2D eigenvalue weighted by Gasteiger charge is -2.33. The molecule has 2 rings (SSSR count). The maximum atomic E-state index is 12.6. The van der Waals surface area contributed by atoms with Crippen molar-refractivity contribution in [3.05, 3.63) is 28.2 Å². The Balaban J connectivity index is 2.31. The molecule has 1 atom stereocenters. The number of aliphatic carboxylic acids is 1. The van der Waals surface area contributed by atoms with Gasteiger partial charge in [0.2, 0.25) is 0 Å². The van der Waals surface area contributed by atoms with E-state index in [4.69, 9.17) is 4.74 Å². The predicted molar refractivity (Wildman–Crippen MR) is 76.0 cm³/mol. The number of hydrogen-bond acceptors (Lipinski definition) is 4. The molecule has 1 aliphatic rings. The Morgan fingerprint density at radius 2 is 2.25 bits per heavy atom. The normalized spacial score (nSPS) is 18.7. The van der Waals surface area contributed by atoms with E-state index in [0.717, 1.165) is 0 Å². The highest BCUT2D eigenvalue weighted by Crippen LogP contribution is 2.24. The van der Waals surface area contributed by atoms with Crippen molar-refractivity contribution in [3.63, 3.8) is 0 Å². The molecule has 108 valence electrons. The summed E-state index contributed by atoms with van der Waals surface area (Å²) in [5.74, 6) is -0.771. The number of hydrogen-bond donors (Lipinski definition) is 2. The van der Waals surface area contributed by atoms with Crippen LogP contribution in [0.25, 0.3) is 0 Å². The molecule has 1 aromatic carbocycles. The van der Waals surface area contributed by atoms with E-state index in [2.05, 4.69) is 21.2 Å². The number of rotatable bonds is 3. The zero-order valence-electron chi connectivity index (χ0n) is 10.9. The van der Waals surface area contributed by atoms with Crippen LogP contribution in [-0.2, 0) is 4.79 Å². The molecule has 0 aromatic heterocycles. The van der Waals surface area contributed by atoms with Gasteiger partial charge in [-0.2, -0.15) is 0 Å². The summed E-state index contributed by atoms with van der Waals surface area (Å²) in [7, 11) is 1.52. The first-order valence-corrected chi connectivity index (χ1v) is 6.92. The summed E-state index contributed by atoms with van der Waals surface area (Å²) >= 11 is 3.32. The average molecular weight is 343 g/mol. The zero-order chi connectivity index (χ0) is 14.7. The fourth-order valence-corrected chi connectivity index (χ4v) is 2.53. The second kappa shape index (κ2) is 6.23. The van der Waals surface area contributed by atoms with Gasteiger partial charge < -0.3 is 20.1 Å². The van der Waals surface area contributed by atoms with Crippen molar-refractivity contribution in [2.45, 2.75) is 6.04 Å². The Morgan fingerprint density at radius 3 is 2.90 bits per heavy atom. The summed E-state index contributed by atoms with van der Waals surface area (Å²) in [6.45, 7) is 1.19. The van der Waals surface area contributed by atoms with Crippen LogP contribution in [-0.4, -0.2) is 54.7 Å². The molecule has 1 fully saturated rings. The molecule has 1 aliphatic heterocycles. The number of benzene rings is 1. The van der Waals surface area contributed by atoms with Gasteiger partial charge in [0.05, 0.1) is 12.7 Å². The lowest BCUT2D eigenvalue weighted by Crippen LogP contribution is -2.57. The minimum atomic E-state index is -1.01. The van der Waals surface area contributed by atoms with Gasteiger partial charge in [-0.3, -0.25) is 4.79 Å². The highest BCUT2D eigenvalue weighted by molar-refractivity contribution is 9.10. The summed E-state index contributed by atoms with van der Waals surface area (Å²) in [6.07, 6.45) is 0. The van der Waals surface area contributed by atoms with Crippen LogP contribution in [0.1, 0.15) is 10.4 Å². The van der Waals surface area contributed by atoms with Crippen molar-refractivity contribution in [1.82, 2.24) is 10.2 Å². The number of piperazine rings is 1. The van der Waals surface area contributed by atoms with E-state index in [1.807, 2.05) is 0 Å². The number of methoxy groups -OCH3 is 1. The summed E-state index contributed by atoms with van der Waals surface area (Å²) < 4.78 is 5.72. The zero-order valence-corrected chi connectivity index (χ0v) is 12.5. The third-order valence-corrected chi connectivity index (χ3v) is 3.88. The van der Waals surface area contributed by atoms with E-state index in [1.165, 1.54) is 12.0 Å². The summed E-state index contributed by atoms with van der Waals surface area (Å²) in [4.78, 5) is 25.2. The minimum Gasteiger partial charge on any atom is -0.497 e. The molecule has 20 heavy (non-hydrogen) atoms. The van der Waals surface area contributed by atoms with E-state index in [9.17, 15) is 14.7 Å². The standard InChI is InChI=1S/C13H15BrN2O4/c1-20-8-2-3-10(14)9(6-8)12(17)16-5-4-15-7-11(16)13(18)19/h2-3,6,11,15H,4-5,7H2,1H3,(H,18,19). The number of nitrogens with one attached hydrogen (secondary N) is 1. The molecular weight excluding hydrogens is 328 g/mol. The number of halogens is 1. The van der Waals surface area contributed by atoms with Crippen LogP contribution >= 0.6 is 15.9 Å². The Bertz CT molecular complexity index is 535. The van der Waals surface area contributed by atoms with E-state index >= 15 is 0 Å². The predicted octanol–water partition coefficient (Wildman–Crippen LogP) is 0.956. The quantitative estimate of drug-likeness (QED) is 0.855. The minimum absolute atomic E-state index is 0.253. The topological polar surface area (TPSA) is 78.9 Å². The molecule has 0 bridgehead atoms. The smallest absolute Gasteiger partial charge is 0.327 e. The van der Waals surface area contributed by atoms with Crippen LogP contribution in [0.15, 0.2) is 22.7 Å². The van der Waals surface area contributed by atoms with Gasteiger partial charge in [0.15, 0.2) is 0 Å². The van der Waals surface area contributed by atoms with Gasteiger partial charge in [-0.05, 0) is 34.1 Å². The van der Waals surface area contributed by atoms with Crippen LogP contribution in [0.2, 0.25) is 0 Å². The van der Waals surface area contributed by atoms with Crippen LogP contribution in [0.3, 0.4) is 0 Å². The molecule has 7 heteroatoms. The van der Waals surface area contributed by atoms with Crippen molar-refractivity contribution in [2.75, 3.05) is 26.7 Å². The number of ether oxygens (including phenoxy) is 1. The number of carboxylic acid groups (broad SMARTS) is 1. The fourth-order valence-electron chi connectivity index (χ4n) is 2.12. The van der Waals surface area contributed by atoms with Crippen molar-refractivity contribution >= 4 is 27.8 Å². The van der Waals surface area contributed by atoms with E-state index in [0.29, 0.717) is 28.9 Å². The van der Waals surface area contributed by atoms with E-state index in [-0.39, 0.29) is 12.5 Å². The van der Waals surface area contributed by atoms with Crippen molar-refractivity contribution in [1.29, 1.82) is 0 Å². The van der Waals surface area contributed by atoms with Crippen molar-refractivity contribution < 1.29 is 19.4 Å². The van der Waals surface area contributed by atoms with Gasteiger partial charge >= 0.3 is 5.97 Å². The summed E-state index contributed by atoms with van der Waals surface area (Å²) in [5, 5.41) is 12.2. The highest BCUT2D eigenvalue weighted by Gasteiger charge is 2.33. The number of carboxylic acids is 1. The Kier molecular flexibility index (Phi) is 4.61. The Morgan fingerprint density at radius 1 is 1.50 bits per heavy atom. The molecule has 0 radical (unpaired) electrons. The third kappa shape index (κ3) is 2.94. The molecule has 1 amide bonds. The molecular formula is C13H15BrN2O4. The van der Waals surface area contributed by atoms with E-state index < -0.39 is 12.0 Å². The molecule has 2 N–H and O–H groups in total. The summed E-state index contributed by atoms with van der Waals surface area (Å²) in [6, 6.07) is 4.19. The first-order valence-electron chi connectivity index (χ1n) is 6.12. The van der Waals surface area contributed by atoms with Gasteiger partial charge in [-0.1, -0.05) is 0 Å². The monoisotopic (exact) mass is 342 g/mol. The molecule has 1 aromatic rings. The number of nitrogens with zero attached hydrogens (tertiary/aromatic N) is 1. The maximum Gasteiger partial charge on any atom is 0.327 e. The van der Waals surface area contributed by atoms with Gasteiger partial charge in [0.1, 0.15) is 11.8 Å². The molecule has 6 nitrogen and oxygen atoms in total. The number of carbonyl (C=O) groups is 2.